The quantitative estimate of drug-likeness (QED) is 0.463. The summed E-state index contributed by atoms with van der Waals surface area (Å²) in [5.41, 5.74) is 0.451. The molecule has 2 saturated heterocycles. The second-order valence-corrected chi connectivity index (χ2v) is 3.83. The van der Waals surface area contributed by atoms with E-state index in [-0.39, 0.29) is 0 Å². The van der Waals surface area contributed by atoms with Crippen LogP contribution in [0.2, 0.25) is 0 Å². The first-order valence-electron chi connectivity index (χ1n) is 4.33. The van der Waals surface area contributed by atoms with Crippen LogP contribution < -0.4 is 0 Å². The molecule has 0 aromatic heterocycles. The van der Waals surface area contributed by atoms with Crippen molar-refractivity contribution in [3.63, 3.8) is 0 Å². The number of piperidine rings is 1. The summed E-state index contributed by atoms with van der Waals surface area (Å²) in [5.74, 6) is 0. The van der Waals surface area contributed by atoms with E-state index in [9.17, 15) is 0 Å². The van der Waals surface area contributed by atoms with E-state index in [1.165, 1.54) is 25.9 Å². The van der Waals surface area contributed by atoms with Crippen LogP contribution in [0.25, 0.3) is 0 Å². The average Bonchev–Trinajstić information content (AvgIpc) is 2.50. The number of nitrogens with zero attached hydrogens (tertiary/aromatic N) is 3. The van der Waals surface area contributed by atoms with Crippen LogP contribution in [-0.4, -0.2) is 54.8 Å². The second kappa shape index (κ2) is 2.19. The molecule has 2 heterocycles. The standard InChI is InChI=1S/C8H17N3/c1-9-6-4-8(5-7-9)10(2)11(8)3/h4-7H2,1-3H3. The predicted molar refractivity (Wildman–Crippen MR) is 45.0 cm³/mol. The Balaban J connectivity index is 1.98. The Bertz CT molecular complexity index is 151. The minimum absolute atomic E-state index is 0.451. The van der Waals surface area contributed by atoms with E-state index >= 15 is 0 Å². The Morgan fingerprint density at radius 1 is 0.909 bits per heavy atom. The van der Waals surface area contributed by atoms with Crippen molar-refractivity contribution in [2.45, 2.75) is 18.5 Å². The largest absolute Gasteiger partial charge is 0.306 e. The fourth-order valence-corrected chi connectivity index (χ4v) is 2.17. The molecule has 64 valence electrons. The van der Waals surface area contributed by atoms with Gasteiger partial charge in [-0.15, -0.1) is 0 Å². The first kappa shape index (κ1) is 7.53. The summed E-state index contributed by atoms with van der Waals surface area (Å²) in [7, 11) is 6.58. The van der Waals surface area contributed by atoms with Gasteiger partial charge in [0.25, 0.3) is 0 Å². The Morgan fingerprint density at radius 2 is 1.36 bits per heavy atom. The summed E-state index contributed by atoms with van der Waals surface area (Å²) < 4.78 is 0. The van der Waals surface area contributed by atoms with Gasteiger partial charge in [-0.05, 0) is 19.9 Å². The minimum Gasteiger partial charge on any atom is -0.306 e. The summed E-state index contributed by atoms with van der Waals surface area (Å²) in [6.07, 6.45) is 2.60. The van der Waals surface area contributed by atoms with Crippen LogP contribution >= 0.6 is 0 Å². The Labute approximate surface area is 68.5 Å². The van der Waals surface area contributed by atoms with Crippen LogP contribution in [0.4, 0.5) is 0 Å². The highest BCUT2D eigenvalue weighted by molar-refractivity contribution is 5.00. The monoisotopic (exact) mass is 155 g/mol. The van der Waals surface area contributed by atoms with E-state index in [1.54, 1.807) is 0 Å². The van der Waals surface area contributed by atoms with E-state index in [2.05, 4.69) is 36.1 Å². The van der Waals surface area contributed by atoms with Gasteiger partial charge in [0.2, 0.25) is 0 Å². The van der Waals surface area contributed by atoms with Crippen LogP contribution in [0.15, 0.2) is 0 Å². The maximum atomic E-state index is 2.41. The molecule has 0 aliphatic carbocycles. The molecule has 1 spiro atoms. The van der Waals surface area contributed by atoms with Gasteiger partial charge < -0.3 is 4.90 Å². The van der Waals surface area contributed by atoms with Crippen molar-refractivity contribution < 1.29 is 0 Å². The molecule has 2 fully saturated rings. The van der Waals surface area contributed by atoms with Gasteiger partial charge in [-0.1, -0.05) is 0 Å². The first-order chi connectivity index (χ1) is 5.17. The van der Waals surface area contributed by atoms with Gasteiger partial charge in [0.05, 0.1) is 0 Å². The zero-order valence-electron chi connectivity index (χ0n) is 7.67. The fraction of sp³-hybridized carbons (Fsp3) is 1.00. The molecule has 0 radical (unpaired) electrons. The molecular formula is C8H17N3. The molecule has 2 aliphatic heterocycles. The highest BCUT2D eigenvalue weighted by Crippen LogP contribution is 2.43. The second-order valence-electron chi connectivity index (χ2n) is 3.83. The lowest BCUT2D eigenvalue weighted by molar-refractivity contribution is 0.208. The van der Waals surface area contributed by atoms with Gasteiger partial charge in [0, 0.05) is 27.2 Å². The molecule has 3 heteroatoms. The van der Waals surface area contributed by atoms with Crippen LogP contribution in [-0.2, 0) is 0 Å². The lowest BCUT2D eigenvalue weighted by atomic mass is 10.0. The molecule has 0 N–H and O–H groups in total. The highest BCUT2D eigenvalue weighted by Gasteiger charge is 2.56. The van der Waals surface area contributed by atoms with Gasteiger partial charge in [-0.25, -0.2) is 10.0 Å². The van der Waals surface area contributed by atoms with Crippen molar-refractivity contribution in [3.05, 3.63) is 0 Å². The minimum atomic E-state index is 0.451. The predicted octanol–water partition coefficient (Wildman–Crippen LogP) is 0.200. The Morgan fingerprint density at radius 3 is 1.73 bits per heavy atom. The van der Waals surface area contributed by atoms with Crippen LogP contribution in [0.1, 0.15) is 12.8 Å². The third-order valence-corrected chi connectivity index (χ3v) is 3.40. The molecule has 0 amide bonds. The Kier molecular flexibility index (Phi) is 1.50. The lowest BCUT2D eigenvalue weighted by Crippen LogP contribution is -2.37. The highest BCUT2D eigenvalue weighted by atomic mass is 15.9. The van der Waals surface area contributed by atoms with Crippen molar-refractivity contribution in [1.29, 1.82) is 0 Å². The first-order valence-corrected chi connectivity index (χ1v) is 4.33. The molecule has 2 atom stereocenters. The Hall–Kier alpha value is -0.120. The van der Waals surface area contributed by atoms with Crippen LogP contribution in [0, 0.1) is 0 Å². The number of rotatable bonds is 0. The van der Waals surface area contributed by atoms with E-state index < -0.39 is 0 Å². The topological polar surface area (TPSA) is 9.26 Å². The summed E-state index contributed by atoms with van der Waals surface area (Å²) in [6.45, 7) is 2.49. The van der Waals surface area contributed by atoms with E-state index in [0.717, 1.165) is 0 Å². The van der Waals surface area contributed by atoms with Crippen LogP contribution in [0.3, 0.4) is 0 Å². The molecule has 0 aromatic carbocycles. The van der Waals surface area contributed by atoms with Crippen molar-refractivity contribution in [2.24, 2.45) is 0 Å². The molecule has 2 rings (SSSR count). The maximum absolute atomic E-state index is 2.41. The molecule has 0 bridgehead atoms. The van der Waals surface area contributed by atoms with Crippen molar-refractivity contribution in [3.8, 4) is 0 Å². The third-order valence-electron chi connectivity index (χ3n) is 3.40. The van der Waals surface area contributed by atoms with Crippen molar-refractivity contribution in [1.82, 2.24) is 14.9 Å². The number of hydrogen-bond donors (Lipinski definition) is 0. The zero-order chi connectivity index (χ0) is 8.06. The average molecular weight is 155 g/mol. The smallest absolute Gasteiger partial charge is 0.102 e. The third kappa shape index (κ3) is 0.916. The normalized spacial score (nSPS) is 42.8. The van der Waals surface area contributed by atoms with E-state index in [4.69, 9.17) is 0 Å². The molecular weight excluding hydrogens is 138 g/mol. The van der Waals surface area contributed by atoms with E-state index in [0.29, 0.717) is 5.66 Å². The molecule has 0 saturated carbocycles. The van der Waals surface area contributed by atoms with Gasteiger partial charge in [-0.3, -0.25) is 0 Å². The summed E-state index contributed by atoms with van der Waals surface area (Å²) in [6, 6.07) is 0. The zero-order valence-corrected chi connectivity index (χ0v) is 7.67. The maximum Gasteiger partial charge on any atom is 0.102 e. The number of likely N-dealkylation sites (tertiary alicyclic amines) is 1. The van der Waals surface area contributed by atoms with E-state index in [1.807, 2.05) is 0 Å². The van der Waals surface area contributed by atoms with Gasteiger partial charge >= 0.3 is 0 Å². The molecule has 11 heavy (non-hydrogen) atoms. The SMILES string of the molecule is CN1CCC2(CC1)N(C)N2C. The van der Waals surface area contributed by atoms with Crippen molar-refractivity contribution >= 4 is 0 Å². The molecule has 3 nitrogen and oxygen atoms in total. The van der Waals surface area contributed by atoms with Gasteiger partial charge in [0.15, 0.2) is 0 Å². The fourth-order valence-electron chi connectivity index (χ4n) is 2.17. The van der Waals surface area contributed by atoms with Gasteiger partial charge in [0.1, 0.15) is 5.66 Å². The summed E-state index contributed by atoms with van der Waals surface area (Å²) in [5, 5.41) is 4.72. The van der Waals surface area contributed by atoms with Crippen molar-refractivity contribution in [2.75, 3.05) is 34.2 Å². The number of hydrogen-bond acceptors (Lipinski definition) is 3. The molecule has 2 unspecified atom stereocenters. The summed E-state index contributed by atoms with van der Waals surface area (Å²) >= 11 is 0. The van der Waals surface area contributed by atoms with Gasteiger partial charge in [-0.2, -0.15) is 0 Å². The number of hydrazine groups is 1. The lowest BCUT2D eigenvalue weighted by Gasteiger charge is -2.28. The van der Waals surface area contributed by atoms with Crippen LogP contribution in [0.5, 0.6) is 0 Å². The summed E-state index contributed by atoms with van der Waals surface area (Å²) in [4.78, 5) is 2.41. The molecule has 2 aliphatic rings. The molecule has 0 aromatic rings.